The highest BCUT2D eigenvalue weighted by Crippen LogP contribution is 2.33. The van der Waals surface area contributed by atoms with Crippen molar-refractivity contribution in [2.24, 2.45) is 0 Å². The lowest BCUT2D eigenvalue weighted by Gasteiger charge is -2.41. The van der Waals surface area contributed by atoms with Gasteiger partial charge in [0.15, 0.2) is 0 Å². The molecular formula is C12H17ClN2O. The van der Waals surface area contributed by atoms with E-state index in [-0.39, 0.29) is 5.54 Å². The van der Waals surface area contributed by atoms with Gasteiger partial charge in [0.2, 0.25) is 5.88 Å². The molecule has 3 nitrogen and oxygen atoms in total. The normalized spacial score (nSPS) is 17.9. The Morgan fingerprint density at radius 2 is 2.38 bits per heavy atom. The molecule has 0 bridgehead atoms. The standard InChI is InChI=1S/C12H17ClN2O/c1-16-11-10(4-2-7-14-11)8-15-12(9-13)5-3-6-12/h2,4,7,15H,3,5-6,8-9H2,1H3. The van der Waals surface area contributed by atoms with Crippen LogP contribution in [0.25, 0.3) is 0 Å². The molecule has 0 saturated heterocycles. The minimum absolute atomic E-state index is 0.141. The lowest BCUT2D eigenvalue weighted by Crippen LogP contribution is -2.52. The number of nitrogens with one attached hydrogen (secondary N) is 1. The van der Waals surface area contributed by atoms with Gasteiger partial charge in [-0.25, -0.2) is 4.98 Å². The smallest absolute Gasteiger partial charge is 0.217 e. The zero-order valence-corrected chi connectivity index (χ0v) is 10.3. The van der Waals surface area contributed by atoms with Crippen LogP contribution in [0.1, 0.15) is 24.8 Å². The zero-order valence-electron chi connectivity index (χ0n) is 9.50. The van der Waals surface area contributed by atoms with Crippen LogP contribution >= 0.6 is 11.6 Å². The highest BCUT2D eigenvalue weighted by molar-refractivity contribution is 6.18. The number of alkyl halides is 1. The van der Waals surface area contributed by atoms with Gasteiger partial charge in [0, 0.05) is 29.7 Å². The van der Waals surface area contributed by atoms with Crippen LogP contribution in [0.5, 0.6) is 5.88 Å². The van der Waals surface area contributed by atoms with Gasteiger partial charge in [-0.2, -0.15) is 0 Å². The van der Waals surface area contributed by atoms with Crippen LogP contribution in [-0.2, 0) is 6.54 Å². The van der Waals surface area contributed by atoms with Gasteiger partial charge in [0.1, 0.15) is 0 Å². The molecule has 1 fully saturated rings. The molecule has 0 radical (unpaired) electrons. The van der Waals surface area contributed by atoms with Crippen molar-refractivity contribution in [3.05, 3.63) is 23.9 Å². The van der Waals surface area contributed by atoms with E-state index < -0.39 is 0 Å². The molecule has 1 heterocycles. The fourth-order valence-corrected chi connectivity index (χ4v) is 2.35. The first-order valence-electron chi connectivity index (χ1n) is 5.58. The molecule has 0 aliphatic heterocycles. The molecule has 0 unspecified atom stereocenters. The number of aromatic nitrogens is 1. The van der Waals surface area contributed by atoms with Crippen LogP contribution in [0.3, 0.4) is 0 Å². The van der Waals surface area contributed by atoms with Gasteiger partial charge < -0.3 is 10.1 Å². The van der Waals surface area contributed by atoms with Gasteiger partial charge in [-0.05, 0) is 25.3 Å². The third-order valence-corrected chi connectivity index (χ3v) is 3.78. The van der Waals surface area contributed by atoms with Crippen molar-refractivity contribution in [2.75, 3.05) is 13.0 Å². The molecule has 1 aromatic rings. The molecule has 0 atom stereocenters. The van der Waals surface area contributed by atoms with Crippen molar-refractivity contribution < 1.29 is 4.74 Å². The predicted molar refractivity (Wildman–Crippen MR) is 64.9 cm³/mol. The van der Waals surface area contributed by atoms with Crippen molar-refractivity contribution >= 4 is 11.6 Å². The van der Waals surface area contributed by atoms with Crippen molar-refractivity contribution in [1.29, 1.82) is 0 Å². The summed E-state index contributed by atoms with van der Waals surface area (Å²) in [7, 11) is 1.65. The molecule has 88 valence electrons. The summed E-state index contributed by atoms with van der Waals surface area (Å²) in [6.07, 6.45) is 5.34. The number of halogens is 1. The predicted octanol–water partition coefficient (Wildman–Crippen LogP) is 2.34. The number of ether oxygens (including phenoxy) is 1. The second-order valence-electron chi connectivity index (χ2n) is 4.29. The Morgan fingerprint density at radius 1 is 1.56 bits per heavy atom. The monoisotopic (exact) mass is 240 g/mol. The summed E-state index contributed by atoms with van der Waals surface area (Å²) in [5.74, 6) is 1.37. The van der Waals surface area contributed by atoms with E-state index in [0.717, 1.165) is 12.1 Å². The number of hydrogen-bond donors (Lipinski definition) is 1. The van der Waals surface area contributed by atoms with Crippen LogP contribution in [0.4, 0.5) is 0 Å². The number of rotatable bonds is 5. The summed E-state index contributed by atoms with van der Waals surface area (Å²) in [4.78, 5) is 4.17. The van der Waals surface area contributed by atoms with Crippen LogP contribution in [-0.4, -0.2) is 23.5 Å². The lowest BCUT2D eigenvalue weighted by molar-refractivity contribution is 0.210. The Morgan fingerprint density at radius 3 is 2.94 bits per heavy atom. The minimum atomic E-state index is 0.141. The summed E-state index contributed by atoms with van der Waals surface area (Å²) < 4.78 is 5.21. The van der Waals surface area contributed by atoms with Gasteiger partial charge in [-0.15, -0.1) is 11.6 Å². The molecule has 1 aliphatic carbocycles. The van der Waals surface area contributed by atoms with Crippen LogP contribution in [0.15, 0.2) is 18.3 Å². The van der Waals surface area contributed by atoms with Crippen LogP contribution < -0.4 is 10.1 Å². The van der Waals surface area contributed by atoms with Gasteiger partial charge in [-0.1, -0.05) is 6.07 Å². The number of methoxy groups -OCH3 is 1. The molecular weight excluding hydrogens is 224 g/mol. The number of pyridine rings is 1. The molecule has 1 aromatic heterocycles. The second kappa shape index (κ2) is 5.02. The molecule has 1 saturated carbocycles. The molecule has 0 spiro atoms. The van der Waals surface area contributed by atoms with Crippen molar-refractivity contribution in [3.63, 3.8) is 0 Å². The van der Waals surface area contributed by atoms with E-state index in [2.05, 4.69) is 10.3 Å². The van der Waals surface area contributed by atoms with E-state index in [1.807, 2.05) is 12.1 Å². The third-order valence-electron chi connectivity index (χ3n) is 3.26. The summed E-state index contributed by atoms with van der Waals surface area (Å²) in [5, 5.41) is 3.52. The first-order valence-corrected chi connectivity index (χ1v) is 6.12. The molecule has 4 heteroatoms. The van der Waals surface area contributed by atoms with Crippen molar-refractivity contribution in [2.45, 2.75) is 31.3 Å². The Kier molecular flexibility index (Phi) is 3.66. The zero-order chi connectivity index (χ0) is 11.4. The van der Waals surface area contributed by atoms with E-state index >= 15 is 0 Å². The van der Waals surface area contributed by atoms with Gasteiger partial charge in [0.05, 0.1) is 7.11 Å². The van der Waals surface area contributed by atoms with E-state index in [0.29, 0.717) is 11.8 Å². The third kappa shape index (κ3) is 2.30. The number of nitrogens with zero attached hydrogens (tertiary/aromatic N) is 1. The minimum Gasteiger partial charge on any atom is -0.481 e. The quantitative estimate of drug-likeness (QED) is 0.803. The molecule has 0 aromatic carbocycles. The molecule has 16 heavy (non-hydrogen) atoms. The molecule has 1 N–H and O–H groups in total. The summed E-state index contributed by atoms with van der Waals surface area (Å²) in [6.45, 7) is 0.768. The van der Waals surface area contributed by atoms with Crippen molar-refractivity contribution in [1.82, 2.24) is 10.3 Å². The number of hydrogen-bond acceptors (Lipinski definition) is 3. The summed E-state index contributed by atoms with van der Waals surface area (Å²) in [5.41, 5.74) is 1.23. The average Bonchev–Trinajstić information content (AvgIpc) is 2.29. The topological polar surface area (TPSA) is 34.1 Å². The van der Waals surface area contributed by atoms with Gasteiger partial charge in [0.25, 0.3) is 0 Å². The van der Waals surface area contributed by atoms with Crippen molar-refractivity contribution in [3.8, 4) is 5.88 Å². The molecule has 2 rings (SSSR count). The first kappa shape index (κ1) is 11.7. The Balaban J connectivity index is 1.98. The summed E-state index contributed by atoms with van der Waals surface area (Å²) >= 11 is 5.99. The van der Waals surface area contributed by atoms with E-state index in [1.165, 1.54) is 19.3 Å². The van der Waals surface area contributed by atoms with Crippen LogP contribution in [0, 0.1) is 0 Å². The van der Waals surface area contributed by atoms with Gasteiger partial charge in [-0.3, -0.25) is 0 Å². The summed E-state index contributed by atoms with van der Waals surface area (Å²) in [6, 6.07) is 3.95. The maximum Gasteiger partial charge on any atom is 0.217 e. The fraction of sp³-hybridized carbons (Fsp3) is 0.583. The maximum absolute atomic E-state index is 5.99. The molecule has 0 amide bonds. The molecule has 1 aliphatic rings. The largest absolute Gasteiger partial charge is 0.481 e. The Labute approximate surface area is 101 Å². The van der Waals surface area contributed by atoms with E-state index in [1.54, 1.807) is 13.3 Å². The van der Waals surface area contributed by atoms with E-state index in [4.69, 9.17) is 16.3 Å². The lowest BCUT2D eigenvalue weighted by atomic mass is 9.78. The second-order valence-corrected chi connectivity index (χ2v) is 4.56. The van der Waals surface area contributed by atoms with E-state index in [9.17, 15) is 0 Å². The SMILES string of the molecule is COc1ncccc1CNC1(CCl)CCC1. The first-order chi connectivity index (χ1) is 7.79. The fourth-order valence-electron chi connectivity index (χ4n) is 1.99. The highest BCUT2D eigenvalue weighted by Gasteiger charge is 2.35. The van der Waals surface area contributed by atoms with Gasteiger partial charge >= 0.3 is 0 Å². The maximum atomic E-state index is 5.99. The Hall–Kier alpha value is -0.800. The van der Waals surface area contributed by atoms with Crippen LogP contribution in [0.2, 0.25) is 0 Å². The Bertz CT molecular complexity index is 347. The average molecular weight is 241 g/mol. The highest BCUT2D eigenvalue weighted by atomic mass is 35.5.